The van der Waals surface area contributed by atoms with Gasteiger partial charge in [0.1, 0.15) is 11.6 Å². The number of carbonyl (C=O) groups excluding carboxylic acids is 4. The van der Waals surface area contributed by atoms with Crippen LogP contribution in [0.1, 0.15) is 39.5 Å². The van der Waals surface area contributed by atoms with Crippen molar-refractivity contribution >= 4 is 23.4 Å². The molecular weight excluding hydrogens is 236 g/mol. The molecule has 1 fully saturated rings. The molecule has 0 aromatic rings. The molecule has 1 rings (SSSR count). The lowest BCUT2D eigenvalue weighted by atomic mass is 10.2. The first-order chi connectivity index (χ1) is 8.41. The van der Waals surface area contributed by atoms with Crippen LogP contribution in [0.3, 0.4) is 0 Å². The Morgan fingerprint density at radius 1 is 0.889 bits per heavy atom. The number of hydrazine groups is 1. The van der Waals surface area contributed by atoms with Gasteiger partial charge in [-0.3, -0.25) is 29.2 Å². The number of hydrogen-bond donors (Lipinski definition) is 0. The van der Waals surface area contributed by atoms with E-state index in [2.05, 4.69) is 0 Å². The van der Waals surface area contributed by atoms with Gasteiger partial charge in [0.2, 0.25) is 11.8 Å². The number of hydrogen-bond acceptors (Lipinski definition) is 4. The topological polar surface area (TPSA) is 74.8 Å². The summed E-state index contributed by atoms with van der Waals surface area (Å²) in [7, 11) is 0. The standard InChI is InChI=1S/C12H18N2O4/c1-9(15)5-7-13-11(17)3-4-12(18)14(13)8-6-10(2)16/h3-8H2,1-2H3. The van der Waals surface area contributed by atoms with Crippen LogP contribution in [0.5, 0.6) is 0 Å². The smallest absolute Gasteiger partial charge is 0.241 e. The molecule has 0 bridgehead atoms. The van der Waals surface area contributed by atoms with E-state index in [1.54, 1.807) is 0 Å². The van der Waals surface area contributed by atoms with Crippen molar-refractivity contribution in [1.82, 2.24) is 10.0 Å². The molecule has 0 aromatic heterocycles. The van der Waals surface area contributed by atoms with Crippen molar-refractivity contribution in [2.75, 3.05) is 13.1 Å². The Morgan fingerprint density at radius 3 is 1.50 bits per heavy atom. The Labute approximate surface area is 106 Å². The molecule has 18 heavy (non-hydrogen) atoms. The number of rotatable bonds is 6. The summed E-state index contributed by atoms with van der Waals surface area (Å²) in [5.41, 5.74) is 0. The van der Waals surface area contributed by atoms with E-state index in [9.17, 15) is 19.2 Å². The van der Waals surface area contributed by atoms with Crippen molar-refractivity contribution in [3.8, 4) is 0 Å². The van der Waals surface area contributed by atoms with Crippen LogP contribution in [0, 0.1) is 0 Å². The van der Waals surface area contributed by atoms with Gasteiger partial charge in [-0.25, -0.2) is 0 Å². The van der Waals surface area contributed by atoms with Gasteiger partial charge < -0.3 is 0 Å². The van der Waals surface area contributed by atoms with E-state index in [1.165, 1.54) is 23.9 Å². The summed E-state index contributed by atoms with van der Waals surface area (Å²) in [5.74, 6) is -0.404. The molecule has 0 spiro atoms. The lowest BCUT2D eigenvalue weighted by Gasteiger charge is -2.38. The normalized spacial score (nSPS) is 16.1. The SMILES string of the molecule is CC(=O)CCN1C(=O)CCC(=O)N1CCC(C)=O. The van der Waals surface area contributed by atoms with Crippen LogP contribution in [0.15, 0.2) is 0 Å². The van der Waals surface area contributed by atoms with Crippen molar-refractivity contribution in [1.29, 1.82) is 0 Å². The van der Waals surface area contributed by atoms with Gasteiger partial charge in [-0.2, -0.15) is 0 Å². The third-order valence-electron chi connectivity index (χ3n) is 2.77. The fourth-order valence-corrected chi connectivity index (χ4v) is 1.76. The van der Waals surface area contributed by atoms with E-state index >= 15 is 0 Å². The summed E-state index contributed by atoms with van der Waals surface area (Å²) in [6.07, 6.45) is 0.784. The molecule has 1 aliphatic rings. The minimum absolute atomic E-state index is 0.0349. The average molecular weight is 254 g/mol. The molecule has 6 heteroatoms. The largest absolute Gasteiger partial charge is 0.300 e. The summed E-state index contributed by atoms with van der Waals surface area (Å²) >= 11 is 0. The second-order valence-electron chi connectivity index (χ2n) is 4.44. The highest BCUT2D eigenvalue weighted by molar-refractivity contribution is 5.90. The number of Topliss-reactive ketones (excluding diaryl/α,β-unsaturated/α-hetero) is 2. The molecule has 0 saturated carbocycles. The molecule has 0 aliphatic carbocycles. The van der Waals surface area contributed by atoms with Gasteiger partial charge in [0.05, 0.1) is 0 Å². The van der Waals surface area contributed by atoms with E-state index in [0.717, 1.165) is 0 Å². The van der Waals surface area contributed by atoms with E-state index in [0.29, 0.717) is 0 Å². The molecule has 100 valence electrons. The maximum absolute atomic E-state index is 11.7. The second kappa shape index (κ2) is 6.28. The van der Waals surface area contributed by atoms with Gasteiger partial charge >= 0.3 is 0 Å². The van der Waals surface area contributed by atoms with Gasteiger partial charge in [0, 0.05) is 38.8 Å². The molecule has 1 aliphatic heterocycles. The van der Waals surface area contributed by atoms with Crippen molar-refractivity contribution in [2.24, 2.45) is 0 Å². The summed E-state index contributed by atoms with van der Waals surface area (Å²) in [6, 6.07) is 0. The van der Waals surface area contributed by atoms with Crippen LogP contribution in [0.2, 0.25) is 0 Å². The van der Waals surface area contributed by atoms with Crippen LogP contribution in [-0.4, -0.2) is 46.5 Å². The highest BCUT2D eigenvalue weighted by Gasteiger charge is 2.31. The average Bonchev–Trinajstić information content (AvgIpc) is 2.28. The Hall–Kier alpha value is -1.72. The summed E-state index contributed by atoms with van der Waals surface area (Å²) in [4.78, 5) is 45.4. The Balaban J connectivity index is 2.70. The molecule has 6 nitrogen and oxygen atoms in total. The molecule has 1 heterocycles. The highest BCUT2D eigenvalue weighted by atomic mass is 16.2. The van der Waals surface area contributed by atoms with Gasteiger partial charge in [0.15, 0.2) is 0 Å². The highest BCUT2D eigenvalue weighted by Crippen LogP contribution is 2.15. The Kier molecular flexibility index (Phi) is 5.00. The molecule has 0 radical (unpaired) electrons. The quantitative estimate of drug-likeness (QED) is 0.683. The zero-order valence-electron chi connectivity index (χ0n) is 10.8. The van der Waals surface area contributed by atoms with Crippen molar-refractivity contribution in [2.45, 2.75) is 39.5 Å². The van der Waals surface area contributed by atoms with Crippen LogP contribution >= 0.6 is 0 Å². The van der Waals surface area contributed by atoms with Gasteiger partial charge in [-0.1, -0.05) is 0 Å². The minimum Gasteiger partial charge on any atom is -0.300 e. The summed E-state index contributed by atoms with van der Waals surface area (Å²) in [5, 5.41) is 2.60. The maximum Gasteiger partial charge on any atom is 0.241 e. The lowest BCUT2D eigenvalue weighted by Crippen LogP contribution is -2.54. The zero-order chi connectivity index (χ0) is 13.7. The van der Waals surface area contributed by atoms with Crippen LogP contribution in [-0.2, 0) is 19.2 Å². The first kappa shape index (κ1) is 14.3. The fraction of sp³-hybridized carbons (Fsp3) is 0.667. The Morgan fingerprint density at radius 2 is 1.22 bits per heavy atom. The van der Waals surface area contributed by atoms with E-state index < -0.39 is 0 Å². The van der Waals surface area contributed by atoms with E-state index in [1.807, 2.05) is 0 Å². The number of nitrogens with zero attached hydrogens (tertiary/aromatic N) is 2. The molecule has 0 N–H and O–H groups in total. The summed E-state index contributed by atoms with van der Waals surface area (Å²) < 4.78 is 0. The fourth-order valence-electron chi connectivity index (χ4n) is 1.76. The molecule has 0 atom stereocenters. The molecule has 0 aromatic carbocycles. The van der Waals surface area contributed by atoms with Crippen molar-refractivity contribution in [3.63, 3.8) is 0 Å². The van der Waals surface area contributed by atoms with E-state index in [4.69, 9.17) is 0 Å². The molecular formula is C12H18N2O4. The van der Waals surface area contributed by atoms with E-state index in [-0.39, 0.29) is 62.2 Å². The monoisotopic (exact) mass is 254 g/mol. The second-order valence-corrected chi connectivity index (χ2v) is 4.44. The zero-order valence-corrected chi connectivity index (χ0v) is 10.8. The molecule has 2 amide bonds. The van der Waals surface area contributed by atoms with Crippen LogP contribution < -0.4 is 0 Å². The van der Waals surface area contributed by atoms with Crippen molar-refractivity contribution < 1.29 is 19.2 Å². The third-order valence-corrected chi connectivity index (χ3v) is 2.77. The predicted molar refractivity (Wildman–Crippen MR) is 63.3 cm³/mol. The predicted octanol–water partition coefficient (Wildman–Crippen LogP) is 0.311. The van der Waals surface area contributed by atoms with Crippen LogP contribution in [0.25, 0.3) is 0 Å². The van der Waals surface area contributed by atoms with Crippen molar-refractivity contribution in [3.05, 3.63) is 0 Å². The first-order valence-electron chi connectivity index (χ1n) is 6.01. The van der Waals surface area contributed by atoms with Gasteiger partial charge in [0.25, 0.3) is 0 Å². The lowest BCUT2D eigenvalue weighted by molar-refractivity contribution is -0.171. The maximum atomic E-state index is 11.7. The van der Waals surface area contributed by atoms with Gasteiger partial charge in [-0.05, 0) is 13.8 Å². The summed E-state index contributed by atoms with van der Waals surface area (Å²) in [6.45, 7) is 3.29. The third kappa shape index (κ3) is 3.94. The first-order valence-corrected chi connectivity index (χ1v) is 6.01. The molecule has 0 unspecified atom stereocenters. The van der Waals surface area contributed by atoms with Crippen LogP contribution in [0.4, 0.5) is 0 Å². The number of carbonyl (C=O) groups is 4. The van der Waals surface area contributed by atoms with Gasteiger partial charge in [-0.15, -0.1) is 0 Å². The molecule has 1 saturated heterocycles. The number of amides is 2. The number of ketones is 2. The Bertz CT molecular complexity index is 342. The minimum atomic E-state index is -0.167.